The second-order valence-corrected chi connectivity index (χ2v) is 6.61. The van der Waals surface area contributed by atoms with Crippen LogP contribution in [0.5, 0.6) is 5.75 Å². The summed E-state index contributed by atoms with van der Waals surface area (Å²) in [5, 5.41) is 9.87. The SMILES string of the molecule is CC(O)c1cccc2c1OC(F)(F)C(=O)N2Cc1ccc2oc(=O)n(C)c2c1. The summed E-state index contributed by atoms with van der Waals surface area (Å²) < 4.78 is 39.5. The van der Waals surface area contributed by atoms with Gasteiger partial charge in [0.2, 0.25) is 0 Å². The van der Waals surface area contributed by atoms with Crippen LogP contribution in [0.15, 0.2) is 45.6 Å². The van der Waals surface area contributed by atoms with Crippen molar-refractivity contribution in [3.63, 3.8) is 0 Å². The fourth-order valence-corrected chi connectivity index (χ4v) is 3.24. The van der Waals surface area contributed by atoms with E-state index in [0.29, 0.717) is 16.7 Å². The maximum atomic E-state index is 14.2. The third-order valence-corrected chi connectivity index (χ3v) is 4.69. The molecule has 1 aliphatic rings. The highest BCUT2D eigenvalue weighted by Gasteiger charge is 2.51. The Morgan fingerprint density at radius 2 is 1.96 bits per heavy atom. The number of carbonyl (C=O) groups excluding carboxylic acids is 1. The summed E-state index contributed by atoms with van der Waals surface area (Å²) in [6.07, 6.45) is -5.12. The van der Waals surface area contributed by atoms with Gasteiger partial charge in [0.15, 0.2) is 11.3 Å². The Hall–Kier alpha value is -3.20. The summed E-state index contributed by atoms with van der Waals surface area (Å²) in [6.45, 7) is 1.24. The smallest absolute Gasteiger partial charge is 0.423 e. The van der Waals surface area contributed by atoms with Crippen molar-refractivity contribution in [3.8, 4) is 5.75 Å². The molecule has 2 heterocycles. The van der Waals surface area contributed by atoms with Gasteiger partial charge in [-0.05, 0) is 30.7 Å². The van der Waals surface area contributed by atoms with Gasteiger partial charge in [-0.2, -0.15) is 8.78 Å². The van der Waals surface area contributed by atoms with Crippen LogP contribution in [0.2, 0.25) is 0 Å². The maximum Gasteiger partial charge on any atom is 0.483 e. The number of hydrogen-bond acceptors (Lipinski definition) is 5. The van der Waals surface area contributed by atoms with Crippen molar-refractivity contribution in [2.45, 2.75) is 25.7 Å². The molecule has 1 amide bonds. The van der Waals surface area contributed by atoms with Crippen LogP contribution >= 0.6 is 0 Å². The molecule has 1 aromatic heterocycles. The fraction of sp³-hybridized carbons (Fsp3) is 0.263. The van der Waals surface area contributed by atoms with Gasteiger partial charge in [0.1, 0.15) is 0 Å². The van der Waals surface area contributed by atoms with E-state index in [1.807, 2.05) is 0 Å². The van der Waals surface area contributed by atoms with E-state index in [2.05, 4.69) is 4.74 Å². The highest BCUT2D eigenvalue weighted by molar-refractivity contribution is 6.01. The number of halogens is 2. The van der Waals surface area contributed by atoms with Crippen molar-refractivity contribution < 1.29 is 27.8 Å². The van der Waals surface area contributed by atoms with Crippen molar-refractivity contribution in [1.82, 2.24) is 4.57 Å². The van der Waals surface area contributed by atoms with Crippen LogP contribution in [0.3, 0.4) is 0 Å². The molecule has 1 N–H and O–H groups in total. The third kappa shape index (κ3) is 2.75. The van der Waals surface area contributed by atoms with Crippen LogP contribution in [0.25, 0.3) is 11.1 Å². The average molecular weight is 390 g/mol. The van der Waals surface area contributed by atoms with Gasteiger partial charge >= 0.3 is 17.8 Å². The zero-order chi connectivity index (χ0) is 20.2. The lowest BCUT2D eigenvalue weighted by atomic mass is 10.1. The molecule has 0 saturated carbocycles. The Morgan fingerprint density at radius 1 is 1.21 bits per heavy atom. The number of oxazole rings is 1. The molecule has 7 nitrogen and oxygen atoms in total. The number of para-hydroxylation sites is 1. The largest absolute Gasteiger partial charge is 0.483 e. The molecule has 0 saturated heterocycles. The number of rotatable bonds is 3. The molecule has 0 bridgehead atoms. The topological polar surface area (TPSA) is 84.9 Å². The van der Waals surface area contributed by atoms with Crippen LogP contribution in [0, 0.1) is 0 Å². The predicted octanol–water partition coefficient (Wildman–Crippen LogP) is 2.70. The van der Waals surface area contributed by atoms with Crippen LogP contribution in [-0.2, 0) is 18.4 Å². The molecule has 0 radical (unpaired) electrons. The third-order valence-electron chi connectivity index (χ3n) is 4.69. The summed E-state index contributed by atoms with van der Waals surface area (Å²) in [4.78, 5) is 24.9. The first-order chi connectivity index (χ1) is 13.2. The number of carbonyl (C=O) groups is 1. The number of amides is 1. The highest BCUT2D eigenvalue weighted by atomic mass is 19.3. The number of aliphatic hydroxyl groups excluding tert-OH is 1. The molecule has 1 aliphatic heterocycles. The molecule has 2 aromatic carbocycles. The molecule has 1 unspecified atom stereocenters. The molecular formula is C19H16F2N2O5. The lowest BCUT2D eigenvalue weighted by Gasteiger charge is -2.35. The first-order valence-corrected chi connectivity index (χ1v) is 8.47. The summed E-state index contributed by atoms with van der Waals surface area (Å²) in [7, 11) is 1.52. The van der Waals surface area contributed by atoms with Gasteiger partial charge in [-0.1, -0.05) is 18.2 Å². The Balaban J connectivity index is 1.81. The van der Waals surface area contributed by atoms with E-state index in [0.717, 1.165) is 4.90 Å². The Morgan fingerprint density at radius 3 is 2.68 bits per heavy atom. The minimum absolute atomic E-state index is 0.135. The molecule has 4 rings (SSSR count). The quantitative estimate of drug-likeness (QED) is 0.743. The Labute approximate surface area is 157 Å². The minimum Gasteiger partial charge on any atom is -0.423 e. The number of fused-ring (bicyclic) bond motifs is 2. The Kier molecular flexibility index (Phi) is 4.00. The Bertz CT molecular complexity index is 1150. The monoisotopic (exact) mass is 390 g/mol. The van der Waals surface area contributed by atoms with Gasteiger partial charge in [-0.15, -0.1) is 0 Å². The molecule has 0 aliphatic carbocycles. The van der Waals surface area contributed by atoms with Crippen LogP contribution in [-0.4, -0.2) is 21.7 Å². The van der Waals surface area contributed by atoms with E-state index in [1.165, 1.54) is 30.7 Å². The first kappa shape index (κ1) is 18.2. The highest BCUT2D eigenvalue weighted by Crippen LogP contribution is 2.44. The molecule has 9 heteroatoms. The van der Waals surface area contributed by atoms with Crippen LogP contribution < -0.4 is 15.4 Å². The van der Waals surface area contributed by atoms with Gasteiger partial charge in [0, 0.05) is 12.6 Å². The van der Waals surface area contributed by atoms with Crippen molar-refractivity contribution in [2.24, 2.45) is 7.05 Å². The standard InChI is InChI=1S/C19H16F2N2O5/c1-10(24)12-4-3-5-13-16(12)28-19(20,21)17(25)23(13)9-11-6-7-15-14(8-11)22(2)18(26)27-15/h3-8,10,24H,9H2,1-2H3. The van der Waals surface area contributed by atoms with Crippen molar-refractivity contribution >= 4 is 22.7 Å². The maximum absolute atomic E-state index is 14.2. The van der Waals surface area contributed by atoms with E-state index in [1.54, 1.807) is 24.3 Å². The molecular weight excluding hydrogens is 374 g/mol. The summed E-state index contributed by atoms with van der Waals surface area (Å²) >= 11 is 0. The minimum atomic E-state index is -4.06. The van der Waals surface area contributed by atoms with Gasteiger partial charge in [-0.3, -0.25) is 14.3 Å². The average Bonchev–Trinajstić information content (AvgIpc) is 2.92. The fourth-order valence-electron chi connectivity index (χ4n) is 3.24. The van der Waals surface area contributed by atoms with E-state index in [4.69, 9.17) is 4.42 Å². The van der Waals surface area contributed by atoms with E-state index >= 15 is 0 Å². The van der Waals surface area contributed by atoms with E-state index < -0.39 is 23.9 Å². The molecule has 3 aromatic rings. The van der Waals surface area contributed by atoms with Crippen molar-refractivity contribution in [3.05, 3.63) is 58.1 Å². The second-order valence-electron chi connectivity index (χ2n) is 6.61. The number of aliphatic hydroxyl groups is 1. The number of nitrogens with zero attached hydrogens (tertiary/aromatic N) is 2. The number of aryl methyl sites for hydroxylation is 1. The van der Waals surface area contributed by atoms with Gasteiger partial charge in [0.05, 0.1) is 23.9 Å². The molecule has 0 spiro atoms. The summed E-state index contributed by atoms with van der Waals surface area (Å²) in [5.41, 5.74) is 1.64. The predicted molar refractivity (Wildman–Crippen MR) is 95.3 cm³/mol. The zero-order valence-corrected chi connectivity index (χ0v) is 15.0. The van der Waals surface area contributed by atoms with Gasteiger partial charge in [0.25, 0.3) is 0 Å². The second kappa shape index (κ2) is 6.16. The van der Waals surface area contributed by atoms with Gasteiger partial charge in [-0.25, -0.2) is 4.79 Å². The molecule has 28 heavy (non-hydrogen) atoms. The van der Waals surface area contributed by atoms with Crippen molar-refractivity contribution in [2.75, 3.05) is 4.90 Å². The lowest BCUT2D eigenvalue weighted by Crippen LogP contribution is -2.50. The molecule has 0 fully saturated rings. The zero-order valence-electron chi connectivity index (χ0n) is 15.0. The number of hydrogen-bond donors (Lipinski definition) is 1. The van der Waals surface area contributed by atoms with Crippen LogP contribution in [0.1, 0.15) is 24.2 Å². The normalized spacial score (nSPS) is 16.8. The molecule has 146 valence electrons. The summed E-state index contributed by atoms with van der Waals surface area (Å²) in [5.74, 6) is -2.30. The first-order valence-electron chi connectivity index (χ1n) is 8.47. The number of anilines is 1. The van der Waals surface area contributed by atoms with E-state index in [9.17, 15) is 23.5 Å². The number of aromatic nitrogens is 1. The molecule has 1 atom stereocenters. The van der Waals surface area contributed by atoms with Gasteiger partial charge < -0.3 is 14.3 Å². The van der Waals surface area contributed by atoms with Crippen molar-refractivity contribution in [1.29, 1.82) is 0 Å². The lowest BCUT2D eigenvalue weighted by molar-refractivity contribution is -0.193. The number of alkyl halides is 2. The van der Waals surface area contributed by atoms with E-state index in [-0.39, 0.29) is 23.5 Å². The summed E-state index contributed by atoms with van der Waals surface area (Å²) in [6, 6.07) is 9.21. The van der Waals surface area contributed by atoms with Crippen LogP contribution in [0.4, 0.5) is 14.5 Å². The number of ether oxygens (including phenoxy) is 1. The number of benzene rings is 2.